The van der Waals surface area contributed by atoms with Crippen molar-refractivity contribution in [3.63, 3.8) is 0 Å². The number of aromatic nitrogens is 1. The highest BCUT2D eigenvalue weighted by Gasteiger charge is 2.31. The molecule has 0 spiro atoms. The number of alkyl halides is 3. The predicted molar refractivity (Wildman–Crippen MR) is 75.8 cm³/mol. The van der Waals surface area contributed by atoms with Crippen LogP contribution in [0.4, 0.5) is 30.5 Å². The molecule has 0 aliphatic heterocycles. The number of rotatable bonds is 2. The summed E-state index contributed by atoms with van der Waals surface area (Å²) in [5.41, 5.74) is 5.08. The molecule has 4 nitrogen and oxygen atoms in total. The molecule has 0 aliphatic carbocycles. The lowest BCUT2D eigenvalue weighted by molar-refractivity contribution is -0.137. The fourth-order valence-electron chi connectivity index (χ4n) is 1.63. The Morgan fingerprint density at radius 1 is 1.24 bits per heavy atom. The van der Waals surface area contributed by atoms with E-state index >= 15 is 0 Å². The molecule has 1 heterocycles. The second-order valence-electron chi connectivity index (χ2n) is 4.09. The zero-order valence-corrected chi connectivity index (χ0v) is 12.0. The molecule has 2 rings (SSSR count). The second kappa shape index (κ2) is 5.61. The third-order valence-electron chi connectivity index (χ3n) is 2.54. The van der Waals surface area contributed by atoms with Crippen LogP contribution in [0.25, 0.3) is 0 Å². The second-order valence-corrected chi connectivity index (χ2v) is 5.01. The van der Waals surface area contributed by atoms with Crippen LogP contribution >= 0.6 is 15.9 Å². The average Bonchev–Trinajstić information content (AvgIpc) is 2.37. The van der Waals surface area contributed by atoms with Crippen molar-refractivity contribution in [1.29, 1.82) is 5.26 Å². The maximum Gasteiger partial charge on any atom is 0.416 e. The minimum absolute atomic E-state index is 0.0862. The fourth-order valence-corrected chi connectivity index (χ4v) is 2.00. The van der Waals surface area contributed by atoms with Crippen molar-refractivity contribution in [3.8, 4) is 6.07 Å². The molecule has 0 unspecified atom stereocenters. The molecule has 1 aromatic heterocycles. The number of hydrogen-bond acceptors (Lipinski definition) is 4. The first-order chi connectivity index (χ1) is 9.79. The highest BCUT2D eigenvalue weighted by atomic mass is 79.9. The summed E-state index contributed by atoms with van der Waals surface area (Å²) in [6.45, 7) is 0. The van der Waals surface area contributed by atoms with Gasteiger partial charge in [0.1, 0.15) is 17.7 Å². The molecule has 0 fully saturated rings. The molecule has 0 bridgehead atoms. The third-order valence-corrected chi connectivity index (χ3v) is 3.03. The number of nitrogens with two attached hydrogens (primary N) is 1. The van der Waals surface area contributed by atoms with Crippen LogP contribution in [0, 0.1) is 11.3 Å². The van der Waals surface area contributed by atoms with Gasteiger partial charge in [0.2, 0.25) is 0 Å². The smallest absolute Gasteiger partial charge is 0.384 e. The molecular weight excluding hydrogens is 349 g/mol. The van der Waals surface area contributed by atoms with Crippen LogP contribution < -0.4 is 11.1 Å². The van der Waals surface area contributed by atoms with Crippen LogP contribution in [0.15, 0.2) is 34.8 Å². The first kappa shape index (κ1) is 15.1. The van der Waals surface area contributed by atoms with E-state index in [-0.39, 0.29) is 17.2 Å². The Bertz CT molecular complexity index is 722. The molecule has 0 saturated carbocycles. The van der Waals surface area contributed by atoms with Crippen LogP contribution in [-0.2, 0) is 6.18 Å². The highest BCUT2D eigenvalue weighted by molar-refractivity contribution is 9.10. The summed E-state index contributed by atoms with van der Waals surface area (Å²) in [6.07, 6.45) is -4.52. The number of pyridine rings is 1. The SMILES string of the molecule is N#Cc1ccc(Br)cc1Nc1cc(C(F)(F)F)cc(N)n1. The fraction of sp³-hybridized carbons (Fsp3) is 0.0769. The molecule has 0 saturated heterocycles. The molecule has 108 valence electrons. The van der Waals surface area contributed by atoms with E-state index in [0.717, 1.165) is 12.1 Å². The largest absolute Gasteiger partial charge is 0.416 e. The van der Waals surface area contributed by atoms with Crippen molar-refractivity contribution < 1.29 is 13.2 Å². The van der Waals surface area contributed by atoms with E-state index in [9.17, 15) is 13.2 Å². The van der Waals surface area contributed by atoms with E-state index in [1.54, 1.807) is 12.1 Å². The van der Waals surface area contributed by atoms with Gasteiger partial charge in [0.15, 0.2) is 0 Å². The van der Waals surface area contributed by atoms with E-state index in [1.165, 1.54) is 6.07 Å². The van der Waals surface area contributed by atoms with Gasteiger partial charge in [-0.25, -0.2) is 4.98 Å². The minimum Gasteiger partial charge on any atom is -0.384 e. The summed E-state index contributed by atoms with van der Waals surface area (Å²) in [5, 5.41) is 11.7. The lowest BCUT2D eigenvalue weighted by atomic mass is 10.2. The number of nitrogens with zero attached hydrogens (tertiary/aromatic N) is 2. The van der Waals surface area contributed by atoms with Crippen LogP contribution in [0.1, 0.15) is 11.1 Å². The quantitative estimate of drug-likeness (QED) is 0.850. The standard InChI is InChI=1S/C13H8BrF3N4/c14-9-2-1-7(6-18)10(5-9)20-12-4-8(13(15,16)17)3-11(19)21-12/h1-5H,(H3,19,20,21). The zero-order valence-electron chi connectivity index (χ0n) is 10.4. The van der Waals surface area contributed by atoms with E-state index in [4.69, 9.17) is 11.0 Å². The van der Waals surface area contributed by atoms with Gasteiger partial charge in [-0.05, 0) is 30.3 Å². The Morgan fingerprint density at radius 2 is 1.95 bits per heavy atom. The molecule has 0 amide bonds. The van der Waals surface area contributed by atoms with E-state index < -0.39 is 11.7 Å². The number of nitriles is 1. The molecule has 8 heteroatoms. The van der Waals surface area contributed by atoms with Gasteiger partial charge in [0.05, 0.1) is 16.8 Å². The summed E-state index contributed by atoms with van der Waals surface area (Å²) >= 11 is 3.23. The van der Waals surface area contributed by atoms with E-state index in [1.807, 2.05) is 6.07 Å². The number of hydrogen-bond donors (Lipinski definition) is 2. The summed E-state index contributed by atoms with van der Waals surface area (Å²) in [7, 11) is 0. The Labute approximate surface area is 126 Å². The van der Waals surface area contributed by atoms with Crippen molar-refractivity contribution in [1.82, 2.24) is 4.98 Å². The van der Waals surface area contributed by atoms with Gasteiger partial charge in [0, 0.05) is 4.47 Å². The molecular formula is C13H8BrF3N4. The van der Waals surface area contributed by atoms with Gasteiger partial charge >= 0.3 is 6.18 Å². The van der Waals surface area contributed by atoms with E-state index in [0.29, 0.717) is 10.2 Å². The first-order valence-corrected chi connectivity index (χ1v) is 6.40. The molecule has 21 heavy (non-hydrogen) atoms. The lowest BCUT2D eigenvalue weighted by Gasteiger charge is -2.12. The zero-order chi connectivity index (χ0) is 15.6. The summed E-state index contributed by atoms with van der Waals surface area (Å²) < 4.78 is 38.8. The van der Waals surface area contributed by atoms with Crippen molar-refractivity contribution in [2.75, 3.05) is 11.1 Å². The van der Waals surface area contributed by atoms with Crippen molar-refractivity contribution in [3.05, 3.63) is 45.9 Å². The summed E-state index contributed by atoms with van der Waals surface area (Å²) in [6, 6.07) is 8.26. The maximum absolute atomic E-state index is 12.7. The number of benzene rings is 1. The monoisotopic (exact) mass is 356 g/mol. The molecule has 2 aromatic rings. The van der Waals surface area contributed by atoms with Crippen LogP contribution in [-0.4, -0.2) is 4.98 Å². The van der Waals surface area contributed by atoms with Crippen molar-refractivity contribution >= 4 is 33.3 Å². The van der Waals surface area contributed by atoms with Crippen LogP contribution in [0.2, 0.25) is 0 Å². The summed E-state index contributed by atoms with van der Waals surface area (Å²) in [4.78, 5) is 3.79. The third kappa shape index (κ3) is 3.64. The lowest BCUT2D eigenvalue weighted by Crippen LogP contribution is -2.08. The van der Waals surface area contributed by atoms with Crippen molar-refractivity contribution in [2.24, 2.45) is 0 Å². The normalized spacial score (nSPS) is 11.0. The number of nitrogen functional groups attached to an aromatic ring is 1. The van der Waals surface area contributed by atoms with Crippen LogP contribution in [0.3, 0.4) is 0 Å². The van der Waals surface area contributed by atoms with Gasteiger partial charge in [-0.1, -0.05) is 15.9 Å². The molecule has 1 aromatic carbocycles. The van der Waals surface area contributed by atoms with Gasteiger partial charge in [-0.2, -0.15) is 18.4 Å². The number of anilines is 3. The molecule has 3 N–H and O–H groups in total. The van der Waals surface area contributed by atoms with Gasteiger partial charge in [-0.3, -0.25) is 0 Å². The topological polar surface area (TPSA) is 74.7 Å². The average molecular weight is 357 g/mol. The molecule has 0 radical (unpaired) electrons. The molecule has 0 aliphatic rings. The van der Waals surface area contributed by atoms with Crippen molar-refractivity contribution in [2.45, 2.75) is 6.18 Å². The Kier molecular flexibility index (Phi) is 4.04. The van der Waals surface area contributed by atoms with Gasteiger partial charge in [0.25, 0.3) is 0 Å². The Balaban J connectivity index is 2.43. The number of halogens is 4. The predicted octanol–water partition coefficient (Wildman–Crippen LogP) is 4.06. The Morgan fingerprint density at radius 3 is 2.57 bits per heavy atom. The first-order valence-electron chi connectivity index (χ1n) is 5.61. The number of nitrogens with one attached hydrogen (secondary N) is 1. The summed E-state index contributed by atoms with van der Waals surface area (Å²) in [5.74, 6) is -0.349. The Hall–Kier alpha value is -2.27. The highest BCUT2D eigenvalue weighted by Crippen LogP contribution is 2.32. The molecule has 0 atom stereocenters. The van der Waals surface area contributed by atoms with Crippen LogP contribution in [0.5, 0.6) is 0 Å². The van der Waals surface area contributed by atoms with Gasteiger partial charge in [-0.15, -0.1) is 0 Å². The minimum atomic E-state index is -4.52. The maximum atomic E-state index is 12.7. The van der Waals surface area contributed by atoms with Gasteiger partial charge < -0.3 is 11.1 Å². The van der Waals surface area contributed by atoms with E-state index in [2.05, 4.69) is 26.2 Å².